The molecule has 0 radical (unpaired) electrons. The van der Waals surface area contributed by atoms with Crippen molar-refractivity contribution in [3.63, 3.8) is 0 Å². The zero-order valence-corrected chi connectivity index (χ0v) is 10.8. The Kier molecular flexibility index (Phi) is 5.06. The number of aliphatic hydroxyl groups excluding tert-OH is 1. The lowest BCUT2D eigenvalue weighted by Gasteiger charge is -2.41. The first-order valence-corrected chi connectivity index (χ1v) is 5.57. The fourth-order valence-corrected chi connectivity index (χ4v) is 1.93. The fraction of sp³-hybridized carbons (Fsp3) is 0.818. The molecule has 1 saturated heterocycles. The standard InChI is InChI=1S/C11H18O7/c1-5-8(17-6(2)12)9(15-4)10(11(14)16-5)18-7(3)13/h5,8-11,14H,1-4H3/t5-,8-,9+,10+,11-/m0/s1. The molecule has 0 saturated carbocycles. The smallest absolute Gasteiger partial charge is 0.303 e. The van der Waals surface area contributed by atoms with Crippen LogP contribution in [0.4, 0.5) is 0 Å². The van der Waals surface area contributed by atoms with Gasteiger partial charge in [0.05, 0.1) is 6.10 Å². The molecule has 1 aliphatic rings. The van der Waals surface area contributed by atoms with Crippen LogP contribution < -0.4 is 0 Å². The van der Waals surface area contributed by atoms with Crippen molar-refractivity contribution in [2.45, 2.75) is 51.5 Å². The van der Waals surface area contributed by atoms with Crippen LogP contribution in [0.3, 0.4) is 0 Å². The van der Waals surface area contributed by atoms with Gasteiger partial charge in [-0.15, -0.1) is 0 Å². The first kappa shape index (κ1) is 14.9. The molecule has 18 heavy (non-hydrogen) atoms. The number of carbonyl (C=O) groups is 2. The number of methoxy groups -OCH3 is 1. The van der Waals surface area contributed by atoms with Gasteiger partial charge in [0.2, 0.25) is 0 Å². The third-order valence-corrected chi connectivity index (χ3v) is 2.62. The second-order valence-electron chi connectivity index (χ2n) is 4.08. The molecule has 7 heteroatoms. The summed E-state index contributed by atoms with van der Waals surface area (Å²) in [6.45, 7) is 4.09. The van der Waals surface area contributed by atoms with E-state index in [0.29, 0.717) is 0 Å². The number of hydrogen-bond acceptors (Lipinski definition) is 7. The molecule has 1 aliphatic heterocycles. The molecule has 1 N–H and O–H groups in total. The van der Waals surface area contributed by atoms with E-state index >= 15 is 0 Å². The molecule has 104 valence electrons. The normalized spacial score (nSPS) is 35.9. The van der Waals surface area contributed by atoms with Crippen LogP contribution in [-0.4, -0.2) is 54.9 Å². The highest BCUT2D eigenvalue weighted by Gasteiger charge is 2.47. The second-order valence-corrected chi connectivity index (χ2v) is 4.08. The maximum Gasteiger partial charge on any atom is 0.303 e. The molecule has 0 aromatic carbocycles. The van der Waals surface area contributed by atoms with E-state index in [0.717, 1.165) is 0 Å². The van der Waals surface area contributed by atoms with Gasteiger partial charge in [-0.1, -0.05) is 0 Å². The molecule has 0 aliphatic carbocycles. The van der Waals surface area contributed by atoms with Crippen LogP contribution in [0, 0.1) is 0 Å². The van der Waals surface area contributed by atoms with Crippen molar-refractivity contribution in [1.82, 2.24) is 0 Å². The Labute approximate surface area is 105 Å². The van der Waals surface area contributed by atoms with Crippen LogP contribution in [0.1, 0.15) is 20.8 Å². The van der Waals surface area contributed by atoms with Gasteiger partial charge in [0.25, 0.3) is 0 Å². The maximum absolute atomic E-state index is 11.0. The first-order chi connectivity index (χ1) is 8.36. The molecular formula is C11H18O7. The van der Waals surface area contributed by atoms with Crippen molar-refractivity contribution >= 4 is 11.9 Å². The number of rotatable bonds is 3. The maximum atomic E-state index is 11.0. The van der Waals surface area contributed by atoms with Crippen LogP contribution in [0.25, 0.3) is 0 Å². The topological polar surface area (TPSA) is 91.3 Å². The van der Waals surface area contributed by atoms with Gasteiger partial charge in [-0.25, -0.2) is 0 Å². The van der Waals surface area contributed by atoms with E-state index in [1.807, 2.05) is 0 Å². The molecule has 1 rings (SSSR count). The zero-order chi connectivity index (χ0) is 13.9. The number of esters is 2. The lowest BCUT2D eigenvalue weighted by molar-refractivity contribution is -0.289. The van der Waals surface area contributed by atoms with Crippen LogP contribution in [0.15, 0.2) is 0 Å². The van der Waals surface area contributed by atoms with Gasteiger partial charge in [0.1, 0.15) is 6.10 Å². The van der Waals surface area contributed by atoms with Crippen molar-refractivity contribution in [2.75, 3.05) is 7.11 Å². The minimum atomic E-state index is -1.32. The number of hydrogen-bond donors (Lipinski definition) is 1. The van der Waals surface area contributed by atoms with Gasteiger partial charge in [0, 0.05) is 21.0 Å². The molecule has 5 atom stereocenters. The Bertz CT molecular complexity index is 289. The lowest BCUT2D eigenvalue weighted by Crippen LogP contribution is -2.59. The van der Waals surface area contributed by atoms with Crippen molar-refractivity contribution < 1.29 is 33.6 Å². The molecular weight excluding hydrogens is 244 g/mol. The second kappa shape index (κ2) is 6.12. The van der Waals surface area contributed by atoms with E-state index in [4.69, 9.17) is 18.9 Å². The van der Waals surface area contributed by atoms with Crippen LogP contribution in [0.2, 0.25) is 0 Å². The molecule has 1 fully saturated rings. The van der Waals surface area contributed by atoms with E-state index in [1.165, 1.54) is 21.0 Å². The predicted octanol–water partition coefficient (Wildman–Crippen LogP) is -0.398. The Balaban J connectivity index is 2.88. The highest BCUT2D eigenvalue weighted by molar-refractivity contribution is 5.67. The third-order valence-electron chi connectivity index (χ3n) is 2.62. The molecule has 0 amide bonds. The molecule has 0 unspecified atom stereocenters. The van der Waals surface area contributed by atoms with Gasteiger partial charge in [0.15, 0.2) is 18.5 Å². The van der Waals surface area contributed by atoms with Crippen LogP contribution >= 0.6 is 0 Å². The average Bonchev–Trinajstić information content (AvgIpc) is 2.24. The Hall–Kier alpha value is -1.18. The van der Waals surface area contributed by atoms with E-state index in [1.54, 1.807) is 6.92 Å². The number of carbonyl (C=O) groups excluding carboxylic acids is 2. The van der Waals surface area contributed by atoms with Gasteiger partial charge in [-0.2, -0.15) is 0 Å². The largest absolute Gasteiger partial charge is 0.457 e. The summed E-state index contributed by atoms with van der Waals surface area (Å²) in [5, 5.41) is 9.72. The fourth-order valence-electron chi connectivity index (χ4n) is 1.93. The molecule has 1 heterocycles. The quantitative estimate of drug-likeness (QED) is 0.692. The van der Waals surface area contributed by atoms with E-state index < -0.39 is 42.6 Å². The third kappa shape index (κ3) is 3.41. The monoisotopic (exact) mass is 262 g/mol. The predicted molar refractivity (Wildman–Crippen MR) is 58.5 cm³/mol. The van der Waals surface area contributed by atoms with Gasteiger partial charge < -0.3 is 24.1 Å². The Morgan fingerprint density at radius 2 is 1.56 bits per heavy atom. The average molecular weight is 262 g/mol. The lowest BCUT2D eigenvalue weighted by atomic mass is 9.99. The molecule has 0 aromatic heterocycles. The minimum absolute atomic E-state index is 0.504. The van der Waals surface area contributed by atoms with E-state index in [2.05, 4.69) is 0 Å². The summed E-state index contributed by atoms with van der Waals surface area (Å²) in [6.07, 6.45) is -4.45. The first-order valence-electron chi connectivity index (χ1n) is 5.57. The van der Waals surface area contributed by atoms with E-state index in [-0.39, 0.29) is 0 Å². The van der Waals surface area contributed by atoms with Crippen molar-refractivity contribution in [1.29, 1.82) is 0 Å². The van der Waals surface area contributed by atoms with Gasteiger partial charge >= 0.3 is 11.9 Å². The zero-order valence-electron chi connectivity index (χ0n) is 10.8. The molecule has 7 nitrogen and oxygen atoms in total. The van der Waals surface area contributed by atoms with Crippen molar-refractivity contribution in [3.8, 4) is 0 Å². The number of aliphatic hydroxyl groups is 1. The summed E-state index contributed by atoms with van der Waals surface area (Å²) >= 11 is 0. The molecule has 0 spiro atoms. The summed E-state index contributed by atoms with van der Waals surface area (Å²) in [7, 11) is 1.38. The van der Waals surface area contributed by atoms with E-state index in [9.17, 15) is 14.7 Å². The highest BCUT2D eigenvalue weighted by atomic mass is 16.7. The number of ether oxygens (including phenoxy) is 4. The Morgan fingerprint density at radius 1 is 1.06 bits per heavy atom. The summed E-state index contributed by atoms with van der Waals surface area (Å²) in [5.41, 5.74) is 0. The Morgan fingerprint density at radius 3 is 2.00 bits per heavy atom. The summed E-state index contributed by atoms with van der Waals surface area (Å²) < 4.78 is 20.3. The van der Waals surface area contributed by atoms with Crippen LogP contribution in [0.5, 0.6) is 0 Å². The molecule has 0 bridgehead atoms. The minimum Gasteiger partial charge on any atom is -0.457 e. The summed E-state index contributed by atoms with van der Waals surface area (Å²) in [4.78, 5) is 22.0. The van der Waals surface area contributed by atoms with Crippen molar-refractivity contribution in [3.05, 3.63) is 0 Å². The van der Waals surface area contributed by atoms with Gasteiger partial charge in [-0.05, 0) is 6.92 Å². The highest BCUT2D eigenvalue weighted by Crippen LogP contribution is 2.26. The van der Waals surface area contributed by atoms with Crippen molar-refractivity contribution in [2.24, 2.45) is 0 Å². The summed E-state index contributed by atoms with van der Waals surface area (Å²) in [6, 6.07) is 0. The summed E-state index contributed by atoms with van der Waals surface area (Å²) in [5.74, 6) is -1.09. The van der Waals surface area contributed by atoms with Gasteiger partial charge in [-0.3, -0.25) is 9.59 Å². The van der Waals surface area contributed by atoms with Crippen LogP contribution in [-0.2, 0) is 28.5 Å². The SMILES string of the molecule is CO[C@@H]1[C@@H](OC(C)=O)[C@H](C)O[C@H](O)[C@@H]1OC(C)=O. The molecule has 0 aromatic rings.